The Morgan fingerprint density at radius 1 is 1.40 bits per heavy atom. The zero-order valence-electron chi connectivity index (χ0n) is 12.6. The molecule has 20 heavy (non-hydrogen) atoms. The van der Waals surface area contributed by atoms with Crippen LogP contribution in [0.5, 0.6) is 0 Å². The number of carboxylic acids is 1. The highest BCUT2D eigenvalue weighted by atomic mass is 16.4. The molecule has 1 heterocycles. The first-order valence-corrected chi connectivity index (χ1v) is 7.22. The molecule has 1 aliphatic heterocycles. The summed E-state index contributed by atoms with van der Waals surface area (Å²) in [5.41, 5.74) is -0.826. The predicted molar refractivity (Wildman–Crippen MR) is 75.4 cm³/mol. The van der Waals surface area contributed by atoms with E-state index in [1.54, 1.807) is 23.6 Å². The molecule has 1 unspecified atom stereocenters. The molecule has 2 N–H and O–H groups in total. The Hall–Kier alpha value is -1.30. The normalized spacial score (nSPS) is 19.8. The number of piperidine rings is 1. The van der Waals surface area contributed by atoms with Crippen LogP contribution in [0.4, 0.5) is 4.79 Å². The molecule has 1 rings (SSSR count). The van der Waals surface area contributed by atoms with Crippen molar-refractivity contribution in [3.8, 4) is 0 Å². The van der Waals surface area contributed by atoms with Gasteiger partial charge < -0.3 is 20.0 Å². The molecule has 2 amide bonds. The van der Waals surface area contributed by atoms with Crippen molar-refractivity contribution in [3.63, 3.8) is 0 Å². The number of hydrogen-bond acceptors (Lipinski definition) is 3. The third-order valence-corrected chi connectivity index (χ3v) is 4.29. The van der Waals surface area contributed by atoms with Crippen molar-refractivity contribution in [2.45, 2.75) is 33.6 Å². The Bertz CT molecular complexity index is 357. The quantitative estimate of drug-likeness (QED) is 0.797. The molecule has 6 heteroatoms. The van der Waals surface area contributed by atoms with Crippen LogP contribution in [0.1, 0.15) is 33.6 Å². The highest BCUT2D eigenvalue weighted by Gasteiger charge is 2.40. The fraction of sp³-hybridized carbons (Fsp3) is 0.857. The van der Waals surface area contributed by atoms with Crippen LogP contribution in [0.3, 0.4) is 0 Å². The minimum atomic E-state index is -0.826. The number of carbonyl (C=O) groups is 2. The fourth-order valence-electron chi connectivity index (χ4n) is 2.62. The zero-order chi connectivity index (χ0) is 15.3. The Balaban J connectivity index is 2.74. The summed E-state index contributed by atoms with van der Waals surface area (Å²) >= 11 is 0. The van der Waals surface area contributed by atoms with Gasteiger partial charge >= 0.3 is 12.0 Å². The van der Waals surface area contributed by atoms with Crippen LogP contribution in [0, 0.1) is 11.3 Å². The maximum absolute atomic E-state index is 12.4. The first-order valence-electron chi connectivity index (χ1n) is 7.22. The summed E-state index contributed by atoms with van der Waals surface area (Å²) in [4.78, 5) is 27.0. The highest BCUT2D eigenvalue weighted by Crippen LogP contribution is 2.34. The van der Waals surface area contributed by atoms with Gasteiger partial charge in [0, 0.05) is 26.2 Å². The first-order chi connectivity index (χ1) is 9.34. The van der Waals surface area contributed by atoms with Crippen LogP contribution < -0.4 is 0 Å². The van der Waals surface area contributed by atoms with E-state index in [9.17, 15) is 14.7 Å². The van der Waals surface area contributed by atoms with Gasteiger partial charge in [-0.05, 0) is 39.5 Å². The molecule has 0 aromatic rings. The van der Waals surface area contributed by atoms with Crippen molar-refractivity contribution >= 4 is 12.0 Å². The van der Waals surface area contributed by atoms with E-state index in [4.69, 9.17) is 5.11 Å². The summed E-state index contributed by atoms with van der Waals surface area (Å²) in [7, 11) is 0. The number of likely N-dealkylation sites (N-methyl/N-ethyl adjacent to an activating group) is 1. The molecular weight excluding hydrogens is 260 g/mol. The van der Waals surface area contributed by atoms with Gasteiger partial charge in [-0.1, -0.05) is 0 Å². The topological polar surface area (TPSA) is 81.1 Å². The van der Waals surface area contributed by atoms with Gasteiger partial charge in [-0.2, -0.15) is 0 Å². The van der Waals surface area contributed by atoms with Gasteiger partial charge in [-0.3, -0.25) is 4.79 Å². The van der Waals surface area contributed by atoms with E-state index in [-0.39, 0.29) is 18.6 Å². The van der Waals surface area contributed by atoms with Gasteiger partial charge in [0.15, 0.2) is 0 Å². The number of aliphatic hydroxyl groups excluding tert-OH is 1. The highest BCUT2D eigenvalue weighted by molar-refractivity contribution is 5.76. The lowest BCUT2D eigenvalue weighted by molar-refractivity contribution is -0.151. The summed E-state index contributed by atoms with van der Waals surface area (Å²) in [5, 5.41) is 18.3. The molecule has 0 bridgehead atoms. The number of amides is 2. The Labute approximate surface area is 120 Å². The summed E-state index contributed by atoms with van der Waals surface area (Å²) in [6.45, 7) is 7.25. The Morgan fingerprint density at radius 3 is 2.55 bits per heavy atom. The minimum Gasteiger partial charge on any atom is -0.481 e. The number of likely N-dealkylation sites (tertiary alicyclic amines) is 1. The van der Waals surface area contributed by atoms with Crippen molar-refractivity contribution in [3.05, 3.63) is 0 Å². The SMILES string of the molecule is CCN(CCO)C(=O)N1CCCC(C(C)(C)C(=O)O)C1. The summed E-state index contributed by atoms with van der Waals surface area (Å²) in [6, 6.07) is -0.104. The average molecular weight is 286 g/mol. The second kappa shape index (κ2) is 6.92. The number of rotatable bonds is 5. The second-order valence-electron chi connectivity index (χ2n) is 5.90. The maximum Gasteiger partial charge on any atom is 0.320 e. The Morgan fingerprint density at radius 2 is 2.05 bits per heavy atom. The molecule has 1 atom stereocenters. The smallest absolute Gasteiger partial charge is 0.320 e. The van der Waals surface area contributed by atoms with E-state index in [1.807, 2.05) is 6.92 Å². The van der Waals surface area contributed by atoms with Crippen molar-refractivity contribution in [2.24, 2.45) is 11.3 Å². The number of urea groups is 1. The predicted octanol–water partition coefficient (Wildman–Crippen LogP) is 1.24. The molecule has 0 aliphatic carbocycles. The average Bonchev–Trinajstić information content (AvgIpc) is 2.44. The van der Waals surface area contributed by atoms with Crippen LogP contribution in [-0.4, -0.2) is 64.8 Å². The standard InChI is InChI=1S/C14H26N2O4/c1-4-15(8-9-17)13(20)16-7-5-6-11(10-16)14(2,3)12(18)19/h11,17H,4-10H2,1-3H3,(H,18,19). The lowest BCUT2D eigenvalue weighted by Crippen LogP contribution is -2.51. The molecule has 1 aliphatic rings. The zero-order valence-corrected chi connectivity index (χ0v) is 12.6. The van der Waals surface area contributed by atoms with Crippen LogP contribution >= 0.6 is 0 Å². The van der Waals surface area contributed by atoms with E-state index < -0.39 is 11.4 Å². The van der Waals surface area contributed by atoms with Crippen molar-refractivity contribution in [1.82, 2.24) is 9.80 Å². The molecule has 1 saturated heterocycles. The number of aliphatic carboxylic acids is 1. The van der Waals surface area contributed by atoms with E-state index in [0.29, 0.717) is 26.2 Å². The summed E-state index contributed by atoms with van der Waals surface area (Å²) in [6.07, 6.45) is 1.65. The van der Waals surface area contributed by atoms with Crippen LogP contribution in [-0.2, 0) is 4.79 Å². The van der Waals surface area contributed by atoms with Gasteiger partial charge in [0.1, 0.15) is 0 Å². The minimum absolute atomic E-state index is 0.0365. The number of nitrogens with zero attached hydrogens (tertiary/aromatic N) is 2. The van der Waals surface area contributed by atoms with Gasteiger partial charge in [0.2, 0.25) is 0 Å². The van der Waals surface area contributed by atoms with Gasteiger partial charge in [0.25, 0.3) is 0 Å². The molecule has 0 aromatic carbocycles. The monoisotopic (exact) mass is 286 g/mol. The number of carbonyl (C=O) groups excluding carboxylic acids is 1. The lowest BCUT2D eigenvalue weighted by atomic mass is 9.74. The Kier molecular flexibility index (Phi) is 5.80. The van der Waals surface area contributed by atoms with E-state index in [2.05, 4.69) is 0 Å². The summed E-state index contributed by atoms with van der Waals surface area (Å²) < 4.78 is 0. The molecule has 0 saturated carbocycles. The van der Waals surface area contributed by atoms with Crippen molar-refractivity contribution in [2.75, 3.05) is 32.8 Å². The molecular formula is C14H26N2O4. The fourth-order valence-corrected chi connectivity index (χ4v) is 2.62. The third kappa shape index (κ3) is 3.62. The largest absolute Gasteiger partial charge is 0.481 e. The molecule has 0 aromatic heterocycles. The van der Waals surface area contributed by atoms with E-state index in [0.717, 1.165) is 12.8 Å². The molecule has 116 valence electrons. The van der Waals surface area contributed by atoms with Crippen molar-refractivity contribution in [1.29, 1.82) is 0 Å². The van der Waals surface area contributed by atoms with Crippen LogP contribution in [0.2, 0.25) is 0 Å². The summed E-state index contributed by atoms with van der Waals surface area (Å²) in [5.74, 6) is -0.856. The molecule has 0 radical (unpaired) electrons. The first kappa shape index (κ1) is 16.8. The van der Waals surface area contributed by atoms with Crippen LogP contribution in [0.15, 0.2) is 0 Å². The number of carboxylic acid groups (broad SMARTS) is 1. The van der Waals surface area contributed by atoms with Crippen LogP contribution in [0.25, 0.3) is 0 Å². The van der Waals surface area contributed by atoms with E-state index >= 15 is 0 Å². The van der Waals surface area contributed by atoms with Gasteiger partial charge in [-0.25, -0.2) is 4.79 Å². The van der Waals surface area contributed by atoms with Crippen molar-refractivity contribution < 1.29 is 19.8 Å². The third-order valence-electron chi connectivity index (χ3n) is 4.29. The lowest BCUT2D eigenvalue weighted by Gasteiger charge is -2.40. The number of aliphatic hydroxyl groups is 1. The second-order valence-corrected chi connectivity index (χ2v) is 5.90. The van der Waals surface area contributed by atoms with E-state index in [1.165, 1.54) is 0 Å². The van der Waals surface area contributed by atoms with Gasteiger partial charge in [-0.15, -0.1) is 0 Å². The maximum atomic E-state index is 12.4. The van der Waals surface area contributed by atoms with Gasteiger partial charge in [0.05, 0.1) is 12.0 Å². The molecule has 1 fully saturated rings. The molecule has 6 nitrogen and oxygen atoms in total. The number of hydrogen-bond donors (Lipinski definition) is 2. The molecule has 0 spiro atoms.